The van der Waals surface area contributed by atoms with E-state index >= 15 is 0 Å². The molecule has 0 spiro atoms. The summed E-state index contributed by atoms with van der Waals surface area (Å²) in [5.41, 5.74) is 8.42. The highest BCUT2D eigenvalue weighted by Gasteiger charge is 2.07. The van der Waals surface area contributed by atoms with E-state index in [1.165, 1.54) is 72.0 Å². The molecular formula is C38H60ClN3. The Bertz CT molecular complexity index is 1060. The molecule has 3 rings (SSSR count). The van der Waals surface area contributed by atoms with E-state index in [2.05, 4.69) is 116 Å². The minimum absolute atomic E-state index is 0.801. The fourth-order valence-electron chi connectivity index (χ4n) is 3.49. The van der Waals surface area contributed by atoms with Crippen LogP contribution in [0.15, 0.2) is 86.1 Å². The molecule has 2 unspecified atom stereocenters. The number of nitriles is 1. The standard InChI is InChI=1S/C13H15N.C9H20.C7H7Cl.C4H10.C3H3N.C2H5N/c1-3-14-13-9-5-7-11-10(2)6-4-8-12(11)13;1-5-7-9(4)8(3)6-2;1-6-2-4-7(8)5-3-6;1-3-4-2;1-2-3-4;1-2-3/h4-9,14H,3H2,1-2H3;8-9H,5-7H2,1-4H3;2-5H,1H3;3-4H2,1-2H3;2H,1H2;2H,1,3H2. The molecule has 3 aromatic rings. The van der Waals surface area contributed by atoms with Crippen molar-refractivity contribution in [3.8, 4) is 6.07 Å². The zero-order valence-corrected chi connectivity index (χ0v) is 28.9. The first-order chi connectivity index (χ1) is 20.1. The predicted octanol–water partition coefficient (Wildman–Crippen LogP) is 12.3. The summed E-state index contributed by atoms with van der Waals surface area (Å²) in [4.78, 5) is 0. The van der Waals surface area contributed by atoms with Crippen LogP contribution in [0, 0.1) is 37.0 Å². The maximum absolute atomic E-state index is 7.51. The van der Waals surface area contributed by atoms with Crippen LogP contribution in [0.4, 0.5) is 5.69 Å². The molecule has 0 aliphatic carbocycles. The van der Waals surface area contributed by atoms with Crippen molar-refractivity contribution in [2.24, 2.45) is 17.6 Å². The lowest BCUT2D eigenvalue weighted by molar-refractivity contribution is 0.352. The molecule has 0 aliphatic rings. The molecule has 0 amide bonds. The Labute approximate surface area is 264 Å². The molecule has 0 saturated heterocycles. The second-order valence-corrected chi connectivity index (χ2v) is 10.5. The van der Waals surface area contributed by atoms with Crippen molar-refractivity contribution in [1.82, 2.24) is 0 Å². The number of fused-ring (bicyclic) bond motifs is 1. The number of rotatable bonds is 7. The van der Waals surface area contributed by atoms with Crippen LogP contribution in [0.3, 0.4) is 0 Å². The third-order valence-electron chi connectivity index (χ3n) is 6.47. The average Bonchev–Trinajstić information content (AvgIpc) is 3.00. The van der Waals surface area contributed by atoms with E-state index in [9.17, 15) is 0 Å². The molecule has 2 atom stereocenters. The maximum atomic E-state index is 7.51. The predicted molar refractivity (Wildman–Crippen MR) is 193 cm³/mol. The van der Waals surface area contributed by atoms with Crippen molar-refractivity contribution in [1.29, 1.82) is 5.26 Å². The molecular weight excluding hydrogens is 534 g/mol. The van der Waals surface area contributed by atoms with Crippen LogP contribution in [0.1, 0.15) is 91.7 Å². The molecule has 3 nitrogen and oxygen atoms in total. The van der Waals surface area contributed by atoms with Gasteiger partial charge in [0.15, 0.2) is 0 Å². The summed E-state index contributed by atoms with van der Waals surface area (Å²) < 4.78 is 0. The first kappa shape index (κ1) is 43.2. The van der Waals surface area contributed by atoms with Gasteiger partial charge in [0.05, 0.1) is 6.07 Å². The van der Waals surface area contributed by atoms with Gasteiger partial charge in [-0.2, -0.15) is 5.26 Å². The van der Waals surface area contributed by atoms with Gasteiger partial charge in [-0.05, 0) is 68.0 Å². The summed E-state index contributed by atoms with van der Waals surface area (Å²) in [6, 6.07) is 22.3. The number of aryl methyl sites for hydroxylation is 2. The lowest BCUT2D eigenvalue weighted by Gasteiger charge is -2.16. The van der Waals surface area contributed by atoms with Crippen molar-refractivity contribution in [2.75, 3.05) is 11.9 Å². The number of anilines is 1. The highest BCUT2D eigenvalue weighted by Crippen LogP contribution is 2.25. The number of benzene rings is 3. The number of nitrogens with zero attached hydrogens (tertiary/aromatic N) is 1. The minimum Gasteiger partial charge on any atom is -0.405 e. The fourth-order valence-corrected chi connectivity index (χ4v) is 3.61. The van der Waals surface area contributed by atoms with Gasteiger partial charge >= 0.3 is 0 Å². The zero-order valence-electron chi connectivity index (χ0n) is 28.1. The summed E-state index contributed by atoms with van der Waals surface area (Å²) >= 11 is 5.61. The van der Waals surface area contributed by atoms with Gasteiger partial charge in [0.1, 0.15) is 0 Å². The molecule has 0 aliphatic heterocycles. The SMILES string of the molecule is C=CC#N.C=CN.CCCC.CCCC(C)C(C)CC.CCNc1cccc2c(C)cccc12.Cc1ccc(Cl)cc1. The first-order valence-corrected chi connectivity index (χ1v) is 15.7. The van der Waals surface area contributed by atoms with E-state index in [0.717, 1.165) is 23.4 Å². The van der Waals surface area contributed by atoms with Crippen LogP contribution >= 0.6 is 11.6 Å². The van der Waals surface area contributed by atoms with E-state index in [1.54, 1.807) is 6.07 Å². The average molecular weight is 594 g/mol. The van der Waals surface area contributed by atoms with Crippen molar-refractivity contribution in [2.45, 2.75) is 94.4 Å². The van der Waals surface area contributed by atoms with Gasteiger partial charge in [-0.1, -0.05) is 146 Å². The Morgan fingerprint density at radius 3 is 1.74 bits per heavy atom. The van der Waals surface area contributed by atoms with E-state index < -0.39 is 0 Å². The van der Waals surface area contributed by atoms with Gasteiger partial charge in [-0.25, -0.2) is 0 Å². The number of hydrogen-bond donors (Lipinski definition) is 2. The first-order valence-electron chi connectivity index (χ1n) is 15.4. The van der Waals surface area contributed by atoms with Crippen LogP contribution in [-0.2, 0) is 0 Å². The van der Waals surface area contributed by atoms with Crippen molar-refractivity contribution in [3.63, 3.8) is 0 Å². The zero-order chi connectivity index (χ0) is 32.8. The highest BCUT2D eigenvalue weighted by molar-refractivity contribution is 6.30. The maximum Gasteiger partial charge on any atom is 0.0905 e. The number of nitrogens with one attached hydrogen (secondary N) is 1. The third-order valence-corrected chi connectivity index (χ3v) is 6.72. The van der Waals surface area contributed by atoms with Crippen LogP contribution < -0.4 is 11.1 Å². The molecule has 3 N–H and O–H groups in total. The normalized spacial score (nSPS) is 10.3. The second kappa shape index (κ2) is 30.7. The van der Waals surface area contributed by atoms with Gasteiger partial charge in [0.25, 0.3) is 0 Å². The Kier molecular flexibility index (Phi) is 31.6. The lowest BCUT2D eigenvalue weighted by atomic mass is 9.90. The van der Waals surface area contributed by atoms with Crippen LogP contribution in [0.5, 0.6) is 0 Å². The third kappa shape index (κ3) is 23.5. The lowest BCUT2D eigenvalue weighted by Crippen LogP contribution is -2.05. The van der Waals surface area contributed by atoms with Crippen LogP contribution in [0.25, 0.3) is 10.8 Å². The Morgan fingerprint density at radius 2 is 1.33 bits per heavy atom. The molecule has 0 aromatic heterocycles. The summed E-state index contributed by atoms with van der Waals surface area (Å²) in [6.07, 6.45) is 9.14. The van der Waals surface area contributed by atoms with Gasteiger partial charge in [-0.3, -0.25) is 0 Å². The molecule has 42 heavy (non-hydrogen) atoms. The molecule has 0 saturated carbocycles. The minimum atomic E-state index is 0.801. The van der Waals surface area contributed by atoms with Crippen LogP contribution in [-0.4, -0.2) is 6.54 Å². The number of allylic oxidation sites excluding steroid dienone is 1. The topological polar surface area (TPSA) is 61.8 Å². The fraction of sp³-hybridized carbons (Fsp3) is 0.447. The molecule has 0 fully saturated rings. The molecule has 0 radical (unpaired) electrons. The quantitative estimate of drug-likeness (QED) is 0.268. The van der Waals surface area contributed by atoms with Gasteiger partial charge in [0.2, 0.25) is 0 Å². The number of unbranched alkanes of at least 4 members (excludes halogenated alkanes) is 1. The van der Waals surface area contributed by atoms with Gasteiger partial charge in [0, 0.05) is 28.7 Å². The summed E-state index contributed by atoms with van der Waals surface area (Å²) in [5.74, 6) is 1.85. The smallest absolute Gasteiger partial charge is 0.0905 e. The molecule has 234 valence electrons. The number of halogens is 1. The Balaban J connectivity index is -0.000000477. The van der Waals surface area contributed by atoms with Gasteiger partial charge < -0.3 is 11.1 Å². The Morgan fingerprint density at radius 1 is 0.833 bits per heavy atom. The number of nitrogens with two attached hydrogens (primary N) is 1. The molecule has 0 bridgehead atoms. The summed E-state index contributed by atoms with van der Waals surface area (Å²) in [6.45, 7) is 27.1. The van der Waals surface area contributed by atoms with E-state index in [4.69, 9.17) is 16.9 Å². The van der Waals surface area contributed by atoms with E-state index in [1.807, 2.05) is 31.2 Å². The molecule has 0 heterocycles. The second-order valence-electron chi connectivity index (χ2n) is 10.0. The van der Waals surface area contributed by atoms with Crippen LogP contribution in [0.2, 0.25) is 5.02 Å². The molecule has 3 aromatic carbocycles. The largest absolute Gasteiger partial charge is 0.405 e. The van der Waals surface area contributed by atoms with E-state index in [-0.39, 0.29) is 0 Å². The monoisotopic (exact) mass is 593 g/mol. The Hall–Kier alpha value is -3.22. The van der Waals surface area contributed by atoms with Gasteiger partial charge in [-0.15, -0.1) is 0 Å². The summed E-state index contributed by atoms with van der Waals surface area (Å²) in [7, 11) is 0. The van der Waals surface area contributed by atoms with Crippen molar-refractivity contribution >= 4 is 28.1 Å². The summed E-state index contributed by atoms with van der Waals surface area (Å²) in [5, 5.41) is 14.3. The molecule has 4 heteroatoms. The highest BCUT2D eigenvalue weighted by atomic mass is 35.5. The van der Waals surface area contributed by atoms with E-state index in [0.29, 0.717) is 0 Å². The van der Waals surface area contributed by atoms with Crippen molar-refractivity contribution < 1.29 is 0 Å². The number of hydrogen-bond acceptors (Lipinski definition) is 3. The van der Waals surface area contributed by atoms with Crippen molar-refractivity contribution in [3.05, 3.63) is 102 Å².